The topological polar surface area (TPSA) is 106 Å². The first-order valence-electron chi connectivity index (χ1n) is 12.5. The highest BCUT2D eigenvalue weighted by Crippen LogP contribution is 2.28. The van der Waals surface area contributed by atoms with E-state index < -0.39 is 5.91 Å². The molecule has 0 bridgehead atoms. The second kappa shape index (κ2) is 13.3. The lowest BCUT2D eigenvalue weighted by Crippen LogP contribution is -2.46. The van der Waals surface area contributed by atoms with Crippen LogP contribution < -0.4 is 15.5 Å². The van der Waals surface area contributed by atoms with Gasteiger partial charge in [0, 0.05) is 44.8 Å². The molecule has 1 aliphatic heterocycles. The quantitative estimate of drug-likeness (QED) is 0.272. The minimum atomic E-state index is -0.391. The van der Waals surface area contributed by atoms with E-state index in [9.17, 15) is 9.59 Å². The number of piperazine rings is 1. The fourth-order valence-corrected chi connectivity index (χ4v) is 5.22. The normalized spacial score (nSPS) is 14.5. The number of rotatable bonds is 10. The second-order valence-corrected chi connectivity index (χ2v) is 9.97. The summed E-state index contributed by atoms with van der Waals surface area (Å²) in [6.07, 6.45) is 1.55. The monoisotopic (exact) mass is 535 g/mol. The van der Waals surface area contributed by atoms with Gasteiger partial charge in [0.2, 0.25) is 0 Å². The zero-order valence-electron chi connectivity index (χ0n) is 21.6. The third-order valence-corrected chi connectivity index (χ3v) is 7.41. The number of benzene rings is 2. The Morgan fingerprint density at radius 2 is 1.82 bits per heavy atom. The highest BCUT2D eigenvalue weighted by molar-refractivity contribution is 7.15. The maximum absolute atomic E-state index is 13.1. The number of aliphatic hydroxyl groups excluding tert-OH is 1. The number of ether oxygens (including phenoxy) is 1. The molecule has 10 heteroatoms. The van der Waals surface area contributed by atoms with Gasteiger partial charge in [-0.1, -0.05) is 12.1 Å². The SMILES string of the molecule is COc1ccc(C=NNC(=O)c2c(C)csc2NC(=O)c2cccc(CN3CCN(CCO)CC3)c2)cc1. The number of nitrogens with one attached hydrogen (secondary N) is 2. The number of methoxy groups -OCH3 is 1. The number of β-amino-alcohol motifs (C(OH)–C–C–N with tert-alkyl or cyclic N) is 1. The van der Waals surface area contributed by atoms with Crippen LogP contribution in [-0.4, -0.2) is 79.4 Å². The van der Waals surface area contributed by atoms with Gasteiger partial charge in [0.05, 0.1) is 25.5 Å². The van der Waals surface area contributed by atoms with Crippen molar-refractivity contribution in [2.45, 2.75) is 13.5 Å². The Labute approximate surface area is 226 Å². The number of aryl methyl sites for hydroxylation is 1. The molecule has 9 nitrogen and oxygen atoms in total. The molecule has 3 aromatic rings. The molecule has 0 spiro atoms. The van der Waals surface area contributed by atoms with Gasteiger partial charge in [-0.3, -0.25) is 19.4 Å². The minimum absolute atomic E-state index is 0.182. The Morgan fingerprint density at radius 1 is 1.08 bits per heavy atom. The lowest BCUT2D eigenvalue weighted by molar-refractivity contribution is 0.0956. The molecule has 1 aliphatic rings. The Bertz CT molecular complexity index is 1270. The maximum Gasteiger partial charge on any atom is 0.274 e. The van der Waals surface area contributed by atoms with Gasteiger partial charge in [0.25, 0.3) is 11.8 Å². The van der Waals surface area contributed by atoms with Crippen molar-refractivity contribution in [3.05, 3.63) is 81.7 Å². The van der Waals surface area contributed by atoms with Crippen molar-refractivity contribution < 1.29 is 19.4 Å². The van der Waals surface area contributed by atoms with Crippen LogP contribution in [0.5, 0.6) is 5.75 Å². The molecule has 1 aromatic heterocycles. The highest BCUT2D eigenvalue weighted by Gasteiger charge is 2.20. The molecule has 0 atom stereocenters. The molecule has 1 saturated heterocycles. The number of hydrogen-bond acceptors (Lipinski definition) is 8. The van der Waals surface area contributed by atoms with Gasteiger partial charge in [-0.2, -0.15) is 5.10 Å². The van der Waals surface area contributed by atoms with Gasteiger partial charge in [-0.25, -0.2) is 5.43 Å². The van der Waals surface area contributed by atoms with Crippen LogP contribution in [0.15, 0.2) is 59.0 Å². The van der Waals surface area contributed by atoms with Crippen LogP contribution in [0.1, 0.15) is 37.4 Å². The third kappa shape index (κ3) is 7.26. The van der Waals surface area contributed by atoms with Crippen LogP contribution in [0.3, 0.4) is 0 Å². The van der Waals surface area contributed by atoms with E-state index in [1.807, 2.05) is 54.8 Å². The largest absolute Gasteiger partial charge is 0.497 e. The third-order valence-electron chi connectivity index (χ3n) is 6.40. The highest BCUT2D eigenvalue weighted by atomic mass is 32.1. The number of hydrazone groups is 1. The summed E-state index contributed by atoms with van der Waals surface area (Å²) >= 11 is 1.31. The van der Waals surface area contributed by atoms with Crippen LogP contribution >= 0.6 is 11.3 Å². The molecule has 3 N–H and O–H groups in total. The number of thiophene rings is 1. The van der Waals surface area contributed by atoms with Crippen molar-refractivity contribution in [1.82, 2.24) is 15.2 Å². The van der Waals surface area contributed by atoms with Crippen molar-refractivity contribution >= 4 is 34.4 Å². The second-order valence-electron chi connectivity index (χ2n) is 9.09. The molecule has 4 rings (SSSR count). The van der Waals surface area contributed by atoms with Crippen LogP contribution in [0, 0.1) is 6.92 Å². The zero-order chi connectivity index (χ0) is 26.9. The number of nitrogens with zero attached hydrogens (tertiary/aromatic N) is 3. The number of aliphatic hydroxyl groups is 1. The Balaban J connectivity index is 1.36. The van der Waals surface area contributed by atoms with Gasteiger partial charge < -0.3 is 15.2 Å². The average molecular weight is 536 g/mol. The number of anilines is 1. The van der Waals surface area contributed by atoms with Gasteiger partial charge in [-0.15, -0.1) is 11.3 Å². The molecule has 0 radical (unpaired) electrons. The van der Waals surface area contributed by atoms with Crippen LogP contribution in [-0.2, 0) is 6.54 Å². The van der Waals surface area contributed by atoms with Gasteiger partial charge in [-0.05, 0) is 65.4 Å². The minimum Gasteiger partial charge on any atom is -0.497 e. The van der Waals surface area contributed by atoms with Crippen molar-refractivity contribution in [2.24, 2.45) is 5.10 Å². The van der Waals surface area contributed by atoms with E-state index >= 15 is 0 Å². The van der Waals surface area contributed by atoms with E-state index in [1.165, 1.54) is 11.3 Å². The molecule has 2 amide bonds. The van der Waals surface area contributed by atoms with Crippen molar-refractivity contribution in [1.29, 1.82) is 0 Å². The predicted octanol–water partition coefficient (Wildman–Crippen LogP) is 3.19. The molecular formula is C28H33N5O4S. The van der Waals surface area contributed by atoms with E-state index in [4.69, 9.17) is 9.84 Å². The van der Waals surface area contributed by atoms with E-state index in [0.29, 0.717) is 22.7 Å². The summed E-state index contributed by atoms with van der Waals surface area (Å²) in [5.41, 5.74) is 6.12. The Morgan fingerprint density at radius 3 is 2.53 bits per heavy atom. The summed E-state index contributed by atoms with van der Waals surface area (Å²) in [6, 6.07) is 14.9. The molecule has 200 valence electrons. The molecule has 1 fully saturated rings. The van der Waals surface area contributed by atoms with E-state index in [2.05, 4.69) is 25.6 Å². The standard InChI is InChI=1S/C28H33N5O4S/c1-20-19-38-28(25(20)27(36)31-29-17-21-6-8-24(37-2)9-7-21)30-26(35)23-5-3-4-22(16-23)18-33-12-10-32(11-13-33)14-15-34/h3-9,16-17,19,34H,10-15,18H2,1-2H3,(H,30,35)(H,31,36). The fraction of sp³-hybridized carbons (Fsp3) is 0.321. The van der Waals surface area contributed by atoms with Crippen molar-refractivity contribution in [3.63, 3.8) is 0 Å². The first-order chi connectivity index (χ1) is 18.5. The Hall–Kier alpha value is -3.57. The molecule has 0 unspecified atom stereocenters. The number of carbonyl (C=O) groups excluding carboxylic acids is 2. The zero-order valence-corrected chi connectivity index (χ0v) is 22.5. The summed E-state index contributed by atoms with van der Waals surface area (Å²) in [5, 5.41) is 18.4. The van der Waals surface area contributed by atoms with Gasteiger partial charge in [0.1, 0.15) is 10.8 Å². The van der Waals surface area contributed by atoms with Crippen molar-refractivity contribution in [3.8, 4) is 5.75 Å². The van der Waals surface area contributed by atoms with Gasteiger partial charge in [0.15, 0.2) is 0 Å². The first-order valence-corrected chi connectivity index (χ1v) is 13.4. The predicted molar refractivity (Wildman–Crippen MR) is 150 cm³/mol. The summed E-state index contributed by atoms with van der Waals surface area (Å²) < 4.78 is 5.14. The van der Waals surface area contributed by atoms with Crippen LogP contribution in [0.25, 0.3) is 0 Å². The summed E-state index contributed by atoms with van der Waals surface area (Å²) in [7, 11) is 1.60. The lowest BCUT2D eigenvalue weighted by atomic mass is 10.1. The van der Waals surface area contributed by atoms with Gasteiger partial charge >= 0.3 is 0 Å². The molecule has 2 aromatic carbocycles. The Kier molecular flexibility index (Phi) is 9.61. The fourth-order valence-electron chi connectivity index (χ4n) is 4.29. The molecule has 0 aliphatic carbocycles. The van der Waals surface area contributed by atoms with Crippen LogP contribution in [0.2, 0.25) is 0 Å². The summed E-state index contributed by atoms with van der Waals surface area (Å²) in [4.78, 5) is 30.6. The maximum atomic E-state index is 13.1. The summed E-state index contributed by atoms with van der Waals surface area (Å²) in [6.45, 7) is 7.17. The molecule has 2 heterocycles. The average Bonchev–Trinajstić information content (AvgIpc) is 3.30. The first kappa shape index (κ1) is 27.5. The van der Waals surface area contributed by atoms with E-state index in [-0.39, 0.29) is 12.5 Å². The molecule has 38 heavy (non-hydrogen) atoms. The lowest BCUT2D eigenvalue weighted by Gasteiger charge is -2.34. The molecular weight excluding hydrogens is 502 g/mol. The molecule has 0 saturated carbocycles. The number of carbonyl (C=O) groups is 2. The number of amides is 2. The summed E-state index contributed by atoms with van der Waals surface area (Å²) in [5.74, 6) is 0.0817. The van der Waals surface area contributed by atoms with E-state index in [1.54, 1.807) is 19.4 Å². The smallest absolute Gasteiger partial charge is 0.274 e. The number of hydrogen-bond donors (Lipinski definition) is 3. The van der Waals surface area contributed by atoms with Crippen molar-refractivity contribution in [2.75, 3.05) is 51.8 Å². The van der Waals surface area contributed by atoms with Crippen LogP contribution in [0.4, 0.5) is 5.00 Å². The van der Waals surface area contributed by atoms with E-state index in [0.717, 1.165) is 55.2 Å².